The molecular formula is C60H70FN9O10S. The van der Waals surface area contributed by atoms with Crippen LogP contribution in [0.2, 0.25) is 0 Å². The molecule has 81 heavy (non-hydrogen) atoms. The zero-order valence-electron chi connectivity index (χ0n) is 46.6. The molecule has 3 aromatic carbocycles. The Kier molecular flexibility index (Phi) is 15.2. The number of furan rings is 1. The quantitative estimate of drug-likeness (QED) is 0.0491. The second-order valence-electron chi connectivity index (χ2n) is 23.2. The lowest BCUT2D eigenvalue weighted by molar-refractivity contribution is -0.384. The lowest BCUT2D eigenvalue weighted by Crippen LogP contribution is -2.60. The molecule has 0 bridgehead atoms. The number of pyridine rings is 2. The zero-order chi connectivity index (χ0) is 57.0. The lowest BCUT2D eigenvalue weighted by atomic mass is 9.59. The maximum Gasteiger partial charge on any atom is 0.312 e. The third-order valence-electron chi connectivity index (χ3n) is 17.4. The molecule has 428 valence electrons. The first kappa shape index (κ1) is 55.6. The molecule has 2 saturated heterocycles. The van der Waals surface area contributed by atoms with E-state index in [0.717, 1.165) is 98.5 Å². The van der Waals surface area contributed by atoms with Gasteiger partial charge in [0.25, 0.3) is 21.8 Å². The minimum absolute atomic E-state index is 0.0185. The number of aromatic nitrogens is 3. The number of H-pyrrole nitrogens is 1. The minimum Gasteiger partial charge on any atom is -0.493 e. The van der Waals surface area contributed by atoms with E-state index < -0.39 is 42.9 Å². The van der Waals surface area contributed by atoms with Gasteiger partial charge in [-0.1, -0.05) is 44.2 Å². The summed E-state index contributed by atoms with van der Waals surface area (Å²) in [6.07, 6.45) is 8.72. The smallest absolute Gasteiger partial charge is 0.312 e. The van der Waals surface area contributed by atoms with Gasteiger partial charge in [0.15, 0.2) is 17.1 Å². The van der Waals surface area contributed by atoms with Crippen molar-refractivity contribution in [3.8, 4) is 23.1 Å². The summed E-state index contributed by atoms with van der Waals surface area (Å²) in [5.41, 5.74) is 4.31. The lowest BCUT2D eigenvalue weighted by Gasteiger charge is -2.58. The molecule has 1 spiro atoms. The average Bonchev–Trinajstić information content (AvgIpc) is 4.08. The third kappa shape index (κ3) is 11.4. The van der Waals surface area contributed by atoms with E-state index in [1.54, 1.807) is 26.2 Å². The van der Waals surface area contributed by atoms with Crippen molar-refractivity contribution in [3.05, 3.63) is 129 Å². The fourth-order valence-corrected chi connectivity index (χ4v) is 13.8. The van der Waals surface area contributed by atoms with E-state index in [-0.39, 0.29) is 57.2 Å². The molecule has 2 aliphatic heterocycles. The summed E-state index contributed by atoms with van der Waals surface area (Å²) in [6.45, 7) is 13.6. The van der Waals surface area contributed by atoms with Gasteiger partial charge in [-0.25, -0.2) is 22.5 Å². The molecule has 21 heteroatoms. The first-order chi connectivity index (χ1) is 38.8. The second kappa shape index (κ2) is 22.2. The topological polar surface area (TPSA) is 231 Å². The van der Waals surface area contributed by atoms with Crippen LogP contribution < -0.4 is 29.1 Å². The van der Waals surface area contributed by atoms with Crippen molar-refractivity contribution in [1.82, 2.24) is 29.5 Å². The van der Waals surface area contributed by atoms with Crippen LogP contribution in [0.15, 0.2) is 94.5 Å². The molecule has 0 unspecified atom stereocenters. The van der Waals surface area contributed by atoms with Gasteiger partial charge in [0.1, 0.15) is 27.9 Å². The SMILES string of the molecule is COc1nc2[nH]cc(F)c2cc1Oc1cc(N2CCC3(CC2)CC(N2CCN(Cc4ccc(OC)c5oc(C)cc45)C[C@H]2c2ccccc2C(C)C)C3)ccc1C(=O)NS(=O)(=O)c1cnc(NCC2CCC(C)(O)CC2)c([N+](=O)[O-])c1. The number of fused-ring (bicyclic) bond motifs is 2. The molecule has 19 nitrogen and oxygen atoms in total. The number of ether oxygens (including phenoxy) is 3. The molecular weight excluding hydrogens is 1060 g/mol. The van der Waals surface area contributed by atoms with E-state index in [2.05, 4.69) is 89.9 Å². The number of hydrogen-bond donors (Lipinski definition) is 4. The molecule has 2 aliphatic carbocycles. The van der Waals surface area contributed by atoms with Crippen molar-refractivity contribution in [3.63, 3.8) is 0 Å². The van der Waals surface area contributed by atoms with Gasteiger partial charge in [0.2, 0.25) is 5.82 Å². The normalized spacial score (nSPS) is 20.9. The number of sulfonamides is 1. The second-order valence-corrected chi connectivity index (χ2v) is 24.9. The molecule has 4 aliphatic rings. The van der Waals surface area contributed by atoms with E-state index in [0.29, 0.717) is 57.3 Å². The highest BCUT2D eigenvalue weighted by Gasteiger charge is 2.50. The van der Waals surface area contributed by atoms with Gasteiger partial charge in [-0.05, 0) is 123 Å². The van der Waals surface area contributed by atoms with Crippen LogP contribution in [0.4, 0.5) is 21.6 Å². The summed E-state index contributed by atoms with van der Waals surface area (Å²) >= 11 is 0. The minimum atomic E-state index is -4.75. The number of nitrogens with zero attached hydrogens (tertiary/aromatic N) is 6. The van der Waals surface area contributed by atoms with Crippen molar-refractivity contribution < 1.29 is 46.3 Å². The monoisotopic (exact) mass is 1130 g/mol. The number of anilines is 2. The van der Waals surface area contributed by atoms with Gasteiger partial charge < -0.3 is 38.9 Å². The predicted molar refractivity (Wildman–Crippen MR) is 305 cm³/mol. The van der Waals surface area contributed by atoms with Crippen molar-refractivity contribution >= 4 is 55.1 Å². The number of nitro groups is 1. The van der Waals surface area contributed by atoms with Crippen molar-refractivity contribution in [1.29, 1.82) is 0 Å². The van der Waals surface area contributed by atoms with Crippen molar-refractivity contribution in [2.75, 3.05) is 63.7 Å². The van der Waals surface area contributed by atoms with Crippen molar-refractivity contribution in [2.45, 2.75) is 114 Å². The number of piperazine rings is 1. The van der Waals surface area contributed by atoms with E-state index in [4.69, 9.17) is 18.6 Å². The number of piperidine rings is 1. The number of methoxy groups -OCH3 is 2. The maximum absolute atomic E-state index is 15.0. The predicted octanol–water partition coefficient (Wildman–Crippen LogP) is 10.8. The number of halogens is 1. The standard InChI is InChI=1S/C60H70FN9O10S/c1-36(2)43-9-7-8-10-44(43)50-35-67(34-39-11-14-51(77-5)54-46(39)25-37(3)79-54)23-24-69(50)41-29-60(30-41)19-21-68(22-20-60)40-12-13-45(52(26-40)80-53-28-47-48(61)33-64-55(47)65-58(53)78-6)57(71)66-81(75,76)42-27-49(70(73)74)56(63-32-42)62-31-38-15-17-59(4,72)18-16-38/h7-14,25-28,32-33,36,38,41,50,72H,15-24,29-31,34-35H2,1-6H3,(H,62,63)(H,64,65)(H,66,71)/t38?,50-,59?/m0/s1. The maximum atomic E-state index is 15.0. The Morgan fingerprint density at radius 3 is 2.46 bits per heavy atom. The number of amides is 1. The average molecular weight is 1130 g/mol. The van der Waals surface area contributed by atoms with E-state index in [1.807, 2.05) is 13.0 Å². The number of benzene rings is 3. The van der Waals surface area contributed by atoms with Crippen LogP contribution >= 0.6 is 0 Å². The van der Waals surface area contributed by atoms with E-state index in [9.17, 15) is 32.8 Å². The Labute approximate surface area is 470 Å². The molecule has 7 aromatic rings. The van der Waals surface area contributed by atoms with Crippen LogP contribution in [0.25, 0.3) is 22.0 Å². The largest absolute Gasteiger partial charge is 0.493 e. The molecule has 1 amide bonds. The number of rotatable bonds is 17. The number of nitrogens with one attached hydrogen (secondary N) is 3. The zero-order valence-corrected chi connectivity index (χ0v) is 47.4. The molecule has 11 rings (SSSR count). The Morgan fingerprint density at radius 2 is 1.73 bits per heavy atom. The van der Waals surface area contributed by atoms with Crippen LogP contribution in [-0.4, -0.2) is 114 Å². The first-order valence-electron chi connectivity index (χ1n) is 27.9. The Hall–Kier alpha value is -7.33. The Balaban J connectivity index is 0.806. The summed E-state index contributed by atoms with van der Waals surface area (Å²) in [5.74, 6) is 0.177. The number of aryl methyl sites for hydroxylation is 1. The van der Waals surface area contributed by atoms with E-state index >= 15 is 0 Å². The molecule has 0 radical (unpaired) electrons. The van der Waals surface area contributed by atoms with E-state index in [1.165, 1.54) is 35.9 Å². The highest BCUT2D eigenvalue weighted by molar-refractivity contribution is 7.90. The Bertz CT molecular complexity index is 3620. The number of aliphatic hydroxyl groups is 1. The molecule has 2 saturated carbocycles. The van der Waals surface area contributed by atoms with Crippen LogP contribution in [0, 0.1) is 34.2 Å². The molecule has 6 heterocycles. The van der Waals surface area contributed by atoms with Gasteiger partial charge in [-0.3, -0.25) is 24.7 Å². The third-order valence-corrected chi connectivity index (χ3v) is 18.7. The van der Waals surface area contributed by atoms with Gasteiger partial charge in [0.05, 0.1) is 41.9 Å². The van der Waals surface area contributed by atoms with Crippen LogP contribution in [-0.2, 0) is 16.6 Å². The Morgan fingerprint density at radius 1 is 0.963 bits per heavy atom. The summed E-state index contributed by atoms with van der Waals surface area (Å²) in [5, 5.41) is 26.8. The van der Waals surface area contributed by atoms with Gasteiger partial charge in [0, 0.05) is 93.4 Å². The van der Waals surface area contributed by atoms with Gasteiger partial charge >= 0.3 is 5.69 Å². The van der Waals surface area contributed by atoms with Gasteiger partial charge in [-0.2, -0.15) is 4.98 Å². The summed E-state index contributed by atoms with van der Waals surface area (Å²) in [6, 6.07) is 22.9. The highest BCUT2D eigenvalue weighted by Crippen LogP contribution is 2.54. The van der Waals surface area contributed by atoms with Crippen LogP contribution in [0.1, 0.15) is 117 Å². The summed E-state index contributed by atoms with van der Waals surface area (Å²) in [4.78, 5) is 44.0. The number of carbonyl (C=O) groups is 1. The van der Waals surface area contributed by atoms with Crippen LogP contribution in [0.5, 0.6) is 23.1 Å². The first-order valence-corrected chi connectivity index (χ1v) is 29.4. The van der Waals surface area contributed by atoms with Crippen molar-refractivity contribution in [2.24, 2.45) is 11.3 Å². The summed E-state index contributed by atoms with van der Waals surface area (Å²) in [7, 11) is -1.71. The molecule has 4 aromatic heterocycles. The number of hydrogen-bond acceptors (Lipinski definition) is 16. The fourth-order valence-electron chi connectivity index (χ4n) is 12.8. The fraction of sp³-hybridized carbons (Fsp3) is 0.450. The highest BCUT2D eigenvalue weighted by atomic mass is 32.2. The molecule has 1 atom stereocenters. The van der Waals surface area contributed by atoms with Gasteiger partial charge in [-0.15, -0.1) is 0 Å². The molecule has 4 fully saturated rings. The summed E-state index contributed by atoms with van der Waals surface area (Å²) < 4.78 is 68.6. The number of carbonyl (C=O) groups excluding carboxylic acids is 1. The number of aromatic amines is 1. The molecule has 4 N–H and O–H groups in total. The van der Waals surface area contributed by atoms with Crippen LogP contribution in [0.3, 0.4) is 0 Å².